The van der Waals surface area contributed by atoms with Gasteiger partial charge in [0.1, 0.15) is 12.4 Å². The molecule has 0 spiro atoms. The number of halogens is 1. The fourth-order valence-corrected chi connectivity index (χ4v) is 3.81. The Morgan fingerprint density at radius 2 is 1.95 bits per heavy atom. The highest BCUT2D eigenvalue weighted by Gasteiger charge is 2.32. The number of benzene rings is 1. The van der Waals surface area contributed by atoms with Crippen molar-refractivity contribution in [1.29, 1.82) is 0 Å². The smallest absolute Gasteiger partial charge is 0.231 e. The molecule has 3 nitrogen and oxygen atoms in total. The molecule has 1 aromatic rings. The van der Waals surface area contributed by atoms with Gasteiger partial charge in [-0.2, -0.15) is 0 Å². The van der Waals surface area contributed by atoms with Crippen molar-refractivity contribution < 1.29 is 14.1 Å². The fourth-order valence-electron chi connectivity index (χ4n) is 3.81. The zero-order chi connectivity index (χ0) is 15.4. The molecule has 0 aromatic heterocycles. The summed E-state index contributed by atoms with van der Waals surface area (Å²) in [6.07, 6.45) is 5.59. The molecule has 1 aromatic carbocycles. The lowest BCUT2D eigenvalue weighted by Crippen LogP contribution is -3.12. The van der Waals surface area contributed by atoms with E-state index in [1.807, 2.05) is 12.1 Å². The highest BCUT2D eigenvalue weighted by atomic mass is 19.1. The molecule has 2 aliphatic heterocycles. The van der Waals surface area contributed by atoms with Crippen molar-refractivity contribution in [2.45, 2.75) is 38.6 Å². The molecule has 0 aliphatic carbocycles. The quantitative estimate of drug-likeness (QED) is 0.902. The molecule has 1 N–H and O–H groups in total. The van der Waals surface area contributed by atoms with Gasteiger partial charge >= 0.3 is 0 Å². The summed E-state index contributed by atoms with van der Waals surface area (Å²) in [4.78, 5) is 16.1. The number of rotatable bonds is 3. The Hall–Kier alpha value is -1.42. The number of nitrogens with zero attached hydrogens (tertiary/aromatic N) is 1. The van der Waals surface area contributed by atoms with Gasteiger partial charge in [-0.1, -0.05) is 18.2 Å². The third-order valence-corrected chi connectivity index (χ3v) is 5.03. The van der Waals surface area contributed by atoms with E-state index in [9.17, 15) is 9.18 Å². The molecule has 0 saturated carbocycles. The van der Waals surface area contributed by atoms with Crippen LogP contribution in [-0.2, 0) is 11.3 Å². The van der Waals surface area contributed by atoms with E-state index in [2.05, 4.69) is 4.90 Å². The van der Waals surface area contributed by atoms with Gasteiger partial charge in [-0.3, -0.25) is 4.79 Å². The predicted octanol–water partition coefficient (Wildman–Crippen LogP) is 1.63. The minimum absolute atomic E-state index is 0.125. The third kappa shape index (κ3) is 3.67. The van der Waals surface area contributed by atoms with E-state index < -0.39 is 0 Å². The van der Waals surface area contributed by atoms with E-state index in [0.29, 0.717) is 12.5 Å². The van der Waals surface area contributed by atoms with Gasteiger partial charge in [0.15, 0.2) is 0 Å². The highest BCUT2D eigenvalue weighted by molar-refractivity contribution is 5.79. The Balaban J connectivity index is 1.59. The molecule has 2 aliphatic rings. The number of piperidine rings is 2. The number of quaternary nitrogens is 1. The van der Waals surface area contributed by atoms with Crippen LogP contribution >= 0.6 is 0 Å². The van der Waals surface area contributed by atoms with Crippen LogP contribution in [0, 0.1) is 11.7 Å². The van der Waals surface area contributed by atoms with Crippen LogP contribution in [0.4, 0.5) is 4.39 Å². The Bertz CT molecular complexity index is 514. The molecule has 4 heteroatoms. The van der Waals surface area contributed by atoms with Gasteiger partial charge in [-0.25, -0.2) is 4.39 Å². The molecule has 2 saturated heterocycles. The molecule has 120 valence electrons. The zero-order valence-corrected chi connectivity index (χ0v) is 13.2. The van der Waals surface area contributed by atoms with Crippen LogP contribution in [0.2, 0.25) is 0 Å². The molecular formula is C18H26FN2O+. The second-order valence-electron chi connectivity index (χ2n) is 6.70. The van der Waals surface area contributed by atoms with Crippen LogP contribution in [-0.4, -0.2) is 37.0 Å². The first-order valence-corrected chi connectivity index (χ1v) is 8.60. The SMILES string of the molecule is O=C(C1CCC[NH+](Cc2ccccc2F)C1)N1CCCCC1. The Kier molecular flexibility index (Phi) is 5.08. The van der Waals surface area contributed by atoms with E-state index in [4.69, 9.17) is 0 Å². The summed E-state index contributed by atoms with van der Waals surface area (Å²) < 4.78 is 13.8. The first-order chi connectivity index (χ1) is 10.7. The maximum Gasteiger partial charge on any atom is 0.231 e. The van der Waals surface area contributed by atoms with Crippen molar-refractivity contribution in [2.75, 3.05) is 26.2 Å². The van der Waals surface area contributed by atoms with E-state index in [1.54, 1.807) is 6.07 Å². The third-order valence-electron chi connectivity index (χ3n) is 5.03. The van der Waals surface area contributed by atoms with Gasteiger partial charge in [-0.15, -0.1) is 0 Å². The molecule has 0 radical (unpaired) electrons. The van der Waals surface area contributed by atoms with Gasteiger partial charge < -0.3 is 9.80 Å². The number of carbonyl (C=O) groups is 1. The number of hydrogen-bond acceptors (Lipinski definition) is 1. The number of amides is 1. The standard InChI is InChI=1S/C18H25FN2O/c19-17-9-3-2-7-15(17)13-20-10-6-8-16(14-20)18(22)21-11-4-1-5-12-21/h2-3,7,9,16H,1,4-6,8,10-14H2/p+1. The van der Waals surface area contributed by atoms with Crippen molar-refractivity contribution in [2.24, 2.45) is 5.92 Å². The van der Waals surface area contributed by atoms with Crippen LogP contribution in [0.5, 0.6) is 0 Å². The predicted molar refractivity (Wildman–Crippen MR) is 84.0 cm³/mol. The monoisotopic (exact) mass is 305 g/mol. The van der Waals surface area contributed by atoms with Crippen LogP contribution in [0.25, 0.3) is 0 Å². The van der Waals surface area contributed by atoms with Crippen LogP contribution < -0.4 is 4.90 Å². The van der Waals surface area contributed by atoms with Gasteiger partial charge in [0.25, 0.3) is 0 Å². The van der Waals surface area contributed by atoms with Crippen molar-refractivity contribution in [1.82, 2.24) is 4.90 Å². The molecule has 22 heavy (non-hydrogen) atoms. The highest BCUT2D eigenvalue weighted by Crippen LogP contribution is 2.16. The van der Waals surface area contributed by atoms with E-state index in [-0.39, 0.29) is 11.7 Å². The minimum atomic E-state index is -0.125. The lowest BCUT2D eigenvalue weighted by molar-refractivity contribution is -0.921. The lowest BCUT2D eigenvalue weighted by Gasteiger charge is -2.34. The number of carbonyl (C=O) groups excluding carboxylic acids is 1. The maximum atomic E-state index is 13.8. The van der Waals surface area contributed by atoms with Gasteiger partial charge in [-0.05, 0) is 38.2 Å². The summed E-state index contributed by atoms with van der Waals surface area (Å²) in [5.74, 6) is 0.346. The Labute approximate surface area is 132 Å². The molecule has 2 fully saturated rings. The molecule has 3 rings (SSSR count). The van der Waals surface area contributed by atoms with Gasteiger partial charge in [0.05, 0.1) is 19.0 Å². The topological polar surface area (TPSA) is 24.8 Å². The van der Waals surface area contributed by atoms with Crippen LogP contribution in [0.3, 0.4) is 0 Å². The molecule has 2 atom stereocenters. The molecule has 1 amide bonds. The molecule has 2 unspecified atom stereocenters. The van der Waals surface area contributed by atoms with Gasteiger partial charge in [0, 0.05) is 18.7 Å². The summed E-state index contributed by atoms with van der Waals surface area (Å²) in [7, 11) is 0. The summed E-state index contributed by atoms with van der Waals surface area (Å²) in [5.41, 5.74) is 0.767. The minimum Gasteiger partial charge on any atom is -0.342 e. The first-order valence-electron chi connectivity index (χ1n) is 8.60. The van der Waals surface area contributed by atoms with Gasteiger partial charge in [0.2, 0.25) is 5.91 Å². The number of nitrogens with one attached hydrogen (secondary N) is 1. The van der Waals surface area contributed by atoms with E-state index in [0.717, 1.165) is 57.4 Å². The maximum absolute atomic E-state index is 13.8. The second kappa shape index (κ2) is 7.23. The second-order valence-corrected chi connectivity index (χ2v) is 6.70. The van der Waals surface area contributed by atoms with Crippen LogP contribution in [0.1, 0.15) is 37.7 Å². The van der Waals surface area contributed by atoms with Crippen molar-refractivity contribution >= 4 is 5.91 Å². The average Bonchev–Trinajstić information content (AvgIpc) is 2.57. The average molecular weight is 305 g/mol. The normalized spacial score (nSPS) is 26.0. The molecule has 2 heterocycles. The largest absolute Gasteiger partial charge is 0.342 e. The summed E-state index contributed by atoms with van der Waals surface area (Å²) in [5, 5.41) is 0. The van der Waals surface area contributed by atoms with Crippen molar-refractivity contribution in [3.8, 4) is 0 Å². The lowest BCUT2D eigenvalue weighted by atomic mass is 9.95. The first kappa shape index (κ1) is 15.5. The summed E-state index contributed by atoms with van der Waals surface area (Å²) >= 11 is 0. The van der Waals surface area contributed by atoms with Crippen molar-refractivity contribution in [3.63, 3.8) is 0 Å². The Morgan fingerprint density at radius 1 is 1.18 bits per heavy atom. The Morgan fingerprint density at radius 3 is 2.73 bits per heavy atom. The van der Waals surface area contributed by atoms with E-state index in [1.165, 1.54) is 17.4 Å². The van der Waals surface area contributed by atoms with E-state index >= 15 is 0 Å². The zero-order valence-electron chi connectivity index (χ0n) is 13.2. The fraction of sp³-hybridized carbons (Fsp3) is 0.611. The van der Waals surface area contributed by atoms with Crippen molar-refractivity contribution in [3.05, 3.63) is 35.6 Å². The number of likely N-dealkylation sites (tertiary alicyclic amines) is 2. The molecule has 0 bridgehead atoms. The summed E-state index contributed by atoms with van der Waals surface area (Å²) in [6.45, 7) is 4.44. The summed E-state index contributed by atoms with van der Waals surface area (Å²) in [6, 6.07) is 7.00. The molecular weight excluding hydrogens is 279 g/mol. The number of hydrogen-bond donors (Lipinski definition) is 1. The van der Waals surface area contributed by atoms with Crippen LogP contribution in [0.15, 0.2) is 24.3 Å².